The van der Waals surface area contributed by atoms with Gasteiger partial charge in [0.1, 0.15) is 79.4 Å². The second-order valence-corrected chi connectivity index (χ2v) is 9.20. The number of hydrogen-bond acceptors (Lipinski definition) is 17. The normalized spacial score (nSPS) is 40.2. The second-order valence-electron chi connectivity index (χ2n) is 9.20. The van der Waals surface area contributed by atoms with Crippen molar-refractivity contribution in [3.8, 4) is 0 Å². The largest absolute Gasteiger partial charge is 0.394 e. The molecule has 0 radical (unpaired) electrons. The fourth-order valence-electron chi connectivity index (χ4n) is 3.86. The molecule has 0 bridgehead atoms. The lowest BCUT2D eigenvalue weighted by molar-refractivity contribution is -0.333. The summed E-state index contributed by atoms with van der Waals surface area (Å²) in [4.78, 5) is 11.8. The van der Waals surface area contributed by atoms with E-state index in [-0.39, 0.29) is 6.42 Å². The van der Waals surface area contributed by atoms with Crippen LogP contribution in [-0.2, 0) is 23.7 Å². The van der Waals surface area contributed by atoms with Crippen molar-refractivity contribution in [2.24, 2.45) is 0 Å². The minimum Gasteiger partial charge on any atom is -0.394 e. The molecule has 17 heteroatoms. The molecule has 2 aliphatic heterocycles. The van der Waals surface area contributed by atoms with Crippen molar-refractivity contribution in [1.29, 1.82) is 0 Å². The van der Waals surface area contributed by atoms with E-state index in [2.05, 4.69) is 0 Å². The van der Waals surface area contributed by atoms with Crippen molar-refractivity contribution >= 4 is 5.78 Å². The molecular weight excluding hydrogens is 524 g/mol. The lowest BCUT2D eigenvalue weighted by atomic mass is 9.97. The standard InChI is InChI=1S/C21H38O17/c1-2-6(23)10(25)14(29)15(30)11(26)7(24)4-35-20-19(34)17(32)13(28)9(38-20)5-36-21-18(33)16(31)12(27)8(3-22)37-21/h6-9,11-24,26-34H,2-5H2,1H3/t6?,7-,8-,9-,11-,12-,13-,14+,15+,16+,17+,18-,19-,20+,21+/m1/s1. The van der Waals surface area contributed by atoms with Crippen molar-refractivity contribution in [3.05, 3.63) is 0 Å². The summed E-state index contributed by atoms with van der Waals surface area (Å²) in [6, 6.07) is 0. The fourth-order valence-corrected chi connectivity index (χ4v) is 3.86. The van der Waals surface area contributed by atoms with Crippen molar-refractivity contribution in [2.45, 2.75) is 105 Å². The first-order chi connectivity index (χ1) is 17.8. The van der Waals surface area contributed by atoms with Gasteiger partial charge in [0.15, 0.2) is 18.4 Å². The van der Waals surface area contributed by atoms with Gasteiger partial charge >= 0.3 is 0 Å². The monoisotopic (exact) mass is 562 g/mol. The molecule has 38 heavy (non-hydrogen) atoms. The summed E-state index contributed by atoms with van der Waals surface area (Å²) >= 11 is 0. The highest BCUT2D eigenvalue weighted by Crippen LogP contribution is 2.26. The molecule has 2 fully saturated rings. The van der Waals surface area contributed by atoms with Gasteiger partial charge in [0.05, 0.1) is 19.8 Å². The Morgan fingerprint density at radius 2 is 1.24 bits per heavy atom. The van der Waals surface area contributed by atoms with E-state index in [0.29, 0.717) is 0 Å². The molecule has 2 saturated heterocycles. The maximum Gasteiger partial charge on any atom is 0.192 e. The molecule has 224 valence electrons. The number of carbonyl (C=O) groups is 1. The van der Waals surface area contributed by atoms with E-state index in [0.717, 1.165) is 0 Å². The van der Waals surface area contributed by atoms with Crippen LogP contribution in [0.4, 0.5) is 0 Å². The third-order valence-electron chi connectivity index (χ3n) is 6.45. The molecule has 0 aromatic rings. The summed E-state index contributed by atoms with van der Waals surface area (Å²) in [7, 11) is 0. The van der Waals surface area contributed by atoms with E-state index >= 15 is 0 Å². The summed E-state index contributed by atoms with van der Waals surface area (Å²) < 4.78 is 20.9. The number of hydrogen-bond donors (Lipinski definition) is 12. The van der Waals surface area contributed by atoms with E-state index < -0.39 is 118 Å². The molecule has 2 heterocycles. The maximum atomic E-state index is 11.8. The number of aliphatic hydroxyl groups excluding tert-OH is 12. The molecule has 0 saturated carbocycles. The Morgan fingerprint density at radius 3 is 1.76 bits per heavy atom. The highest BCUT2D eigenvalue weighted by molar-refractivity contribution is 5.87. The summed E-state index contributed by atoms with van der Waals surface area (Å²) in [6.07, 6.45) is -27.0. The van der Waals surface area contributed by atoms with Gasteiger partial charge in [-0.25, -0.2) is 0 Å². The SMILES string of the molecule is CCC(O)C(=O)[C@H](O)[C@@H](O)[C@H](O)[C@H](O)CO[C@H]1O[C@H](CO[C@H]2O[C@H](CO)[C@@H](O)[C@H](O)[C@H]2O)[C@@H](O)[C@H](O)[C@H]1O. The predicted molar refractivity (Wildman–Crippen MR) is 118 cm³/mol. The first-order valence-electron chi connectivity index (χ1n) is 11.9. The van der Waals surface area contributed by atoms with Gasteiger partial charge in [0.25, 0.3) is 0 Å². The van der Waals surface area contributed by atoms with Crippen LogP contribution in [0.15, 0.2) is 0 Å². The van der Waals surface area contributed by atoms with Gasteiger partial charge in [-0.15, -0.1) is 0 Å². The summed E-state index contributed by atoms with van der Waals surface area (Å²) in [6.45, 7) is -0.795. The summed E-state index contributed by atoms with van der Waals surface area (Å²) in [5, 5.41) is 119. The minimum atomic E-state index is -2.23. The minimum absolute atomic E-state index is 0.0727. The van der Waals surface area contributed by atoms with Gasteiger partial charge in [0.2, 0.25) is 0 Å². The third kappa shape index (κ3) is 7.61. The molecule has 2 rings (SSSR count). The second kappa shape index (κ2) is 14.6. The Kier molecular flexibility index (Phi) is 12.8. The van der Waals surface area contributed by atoms with Crippen LogP contribution < -0.4 is 0 Å². The van der Waals surface area contributed by atoms with Gasteiger partial charge in [-0.1, -0.05) is 6.92 Å². The number of ether oxygens (including phenoxy) is 4. The average Bonchev–Trinajstić information content (AvgIpc) is 2.92. The van der Waals surface area contributed by atoms with Crippen molar-refractivity contribution < 1.29 is 85.0 Å². The Labute approximate surface area is 216 Å². The van der Waals surface area contributed by atoms with Crippen LogP contribution in [0.3, 0.4) is 0 Å². The molecule has 0 spiro atoms. The molecule has 17 nitrogen and oxygen atoms in total. The first kappa shape index (κ1) is 33.2. The van der Waals surface area contributed by atoms with E-state index in [9.17, 15) is 66.1 Å². The maximum absolute atomic E-state index is 11.8. The van der Waals surface area contributed by atoms with Crippen LogP contribution in [0.1, 0.15) is 13.3 Å². The third-order valence-corrected chi connectivity index (χ3v) is 6.45. The van der Waals surface area contributed by atoms with E-state index in [1.807, 2.05) is 0 Å². The molecule has 0 aromatic carbocycles. The zero-order chi connectivity index (χ0) is 28.9. The number of carbonyl (C=O) groups excluding carboxylic acids is 1. The van der Waals surface area contributed by atoms with Crippen LogP contribution in [0.25, 0.3) is 0 Å². The van der Waals surface area contributed by atoms with Crippen LogP contribution in [0.2, 0.25) is 0 Å². The van der Waals surface area contributed by atoms with Crippen LogP contribution in [-0.4, -0.2) is 179 Å². The molecule has 15 atom stereocenters. The number of aliphatic hydroxyl groups is 12. The molecule has 0 aliphatic carbocycles. The van der Waals surface area contributed by atoms with E-state index in [4.69, 9.17) is 18.9 Å². The highest BCUT2D eigenvalue weighted by atomic mass is 16.7. The molecular formula is C21H38O17. The first-order valence-corrected chi connectivity index (χ1v) is 11.9. The Hall–Kier alpha value is -0.970. The highest BCUT2D eigenvalue weighted by Gasteiger charge is 2.48. The van der Waals surface area contributed by atoms with Crippen molar-refractivity contribution in [1.82, 2.24) is 0 Å². The van der Waals surface area contributed by atoms with Gasteiger partial charge in [-0.2, -0.15) is 0 Å². The van der Waals surface area contributed by atoms with Gasteiger partial charge in [0, 0.05) is 0 Å². The van der Waals surface area contributed by atoms with Crippen LogP contribution >= 0.6 is 0 Å². The Bertz CT molecular complexity index is 726. The summed E-state index contributed by atoms with van der Waals surface area (Å²) in [5.41, 5.74) is 0. The fraction of sp³-hybridized carbons (Fsp3) is 0.952. The molecule has 0 amide bonds. The molecule has 1 unspecified atom stereocenters. The summed E-state index contributed by atoms with van der Waals surface area (Å²) in [5.74, 6) is -1.18. The number of rotatable bonds is 13. The van der Waals surface area contributed by atoms with Crippen molar-refractivity contribution in [3.63, 3.8) is 0 Å². The Balaban J connectivity index is 1.96. The van der Waals surface area contributed by atoms with Crippen molar-refractivity contribution in [2.75, 3.05) is 19.8 Å². The lowest BCUT2D eigenvalue weighted by Gasteiger charge is -2.42. The zero-order valence-electron chi connectivity index (χ0n) is 20.4. The van der Waals surface area contributed by atoms with Crippen LogP contribution in [0, 0.1) is 0 Å². The van der Waals surface area contributed by atoms with Gasteiger partial charge < -0.3 is 80.2 Å². The zero-order valence-corrected chi connectivity index (χ0v) is 20.4. The van der Waals surface area contributed by atoms with Gasteiger partial charge in [-0.05, 0) is 6.42 Å². The molecule has 0 aromatic heterocycles. The predicted octanol–water partition coefficient (Wildman–Crippen LogP) is -7.59. The number of Topliss-reactive ketones (excluding diaryl/α,β-unsaturated/α-hetero) is 1. The quantitative estimate of drug-likeness (QED) is 0.0991. The number of ketones is 1. The van der Waals surface area contributed by atoms with Gasteiger partial charge in [-0.3, -0.25) is 4.79 Å². The molecule has 12 N–H and O–H groups in total. The van der Waals surface area contributed by atoms with Crippen LogP contribution in [0.5, 0.6) is 0 Å². The smallest absolute Gasteiger partial charge is 0.192 e. The van der Waals surface area contributed by atoms with E-state index in [1.165, 1.54) is 6.92 Å². The molecule has 2 aliphatic rings. The Morgan fingerprint density at radius 1 is 0.737 bits per heavy atom. The topological polar surface area (TPSA) is 297 Å². The van der Waals surface area contributed by atoms with E-state index in [1.54, 1.807) is 0 Å². The lowest BCUT2D eigenvalue weighted by Crippen LogP contribution is -2.62. The average molecular weight is 563 g/mol.